The van der Waals surface area contributed by atoms with Gasteiger partial charge in [-0.25, -0.2) is 0 Å². The Morgan fingerprint density at radius 2 is 2.22 bits per heavy atom. The van der Waals surface area contributed by atoms with E-state index in [0.717, 1.165) is 0 Å². The normalized spacial score (nSPS) is 9.61. The summed E-state index contributed by atoms with van der Waals surface area (Å²) in [7, 11) is 0. The van der Waals surface area contributed by atoms with Crippen LogP contribution >= 0.6 is 0 Å². The molecule has 0 aromatic heterocycles. The van der Waals surface area contributed by atoms with E-state index in [-0.39, 0.29) is 24.3 Å². The van der Waals surface area contributed by atoms with Gasteiger partial charge in [-0.05, 0) is 25.5 Å². The zero-order chi connectivity index (χ0) is 13.7. The molecule has 1 rings (SSSR count). The lowest BCUT2D eigenvalue weighted by molar-refractivity contribution is -0.385. The highest BCUT2D eigenvalue weighted by Gasteiger charge is 2.21. The molecule has 18 heavy (non-hydrogen) atoms. The maximum atomic E-state index is 11.3. The van der Waals surface area contributed by atoms with Crippen molar-refractivity contribution in [3.63, 3.8) is 0 Å². The van der Waals surface area contributed by atoms with E-state index < -0.39 is 10.9 Å². The van der Waals surface area contributed by atoms with Gasteiger partial charge in [0, 0.05) is 5.56 Å². The average Bonchev–Trinajstić information content (AvgIpc) is 2.31. The molecular formula is C12H12N2O4. The Morgan fingerprint density at radius 3 is 2.72 bits per heavy atom. The maximum absolute atomic E-state index is 11.3. The molecule has 1 aromatic rings. The second kappa shape index (κ2) is 5.77. The summed E-state index contributed by atoms with van der Waals surface area (Å²) >= 11 is 0. The van der Waals surface area contributed by atoms with E-state index in [2.05, 4.69) is 0 Å². The summed E-state index contributed by atoms with van der Waals surface area (Å²) in [5.41, 5.74) is 0.565. The lowest BCUT2D eigenvalue weighted by atomic mass is 10.0. The van der Waals surface area contributed by atoms with Crippen molar-refractivity contribution in [1.82, 2.24) is 0 Å². The van der Waals surface area contributed by atoms with Crippen LogP contribution in [0.2, 0.25) is 0 Å². The maximum Gasteiger partial charge on any atom is 0.310 e. The number of esters is 1. The minimum atomic E-state index is -0.609. The monoisotopic (exact) mass is 248 g/mol. The van der Waals surface area contributed by atoms with Crippen molar-refractivity contribution < 1.29 is 14.5 Å². The largest absolute Gasteiger partial charge is 0.466 e. The molecular weight excluding hydrogens is 236 g/mol. The van der Waals surface area contributed by atoms with Crippen LogP contribution in [0.25, 0.3) is 0 Å². The van der Waals surface area contributed by atoms with Crippen LogP contribution in [-0.2, 0) is 16.0 Å². The van der Waals surface area contributed by atoms with Gasteiger partial charge in [0.25, 0.3) is 5.69 Å². The molecule has 0 atom stereocenters. The van der Waals surface area contributed by atoms with Crippen LogP contribution in [0.15, 0.2) is 12.1 Å². The first-order chi connectivity index (χ1) is 8.51. The Labute approximate surface area is 104 Å². The molecule has 6 heteroatoms. The van der Waals surface area contributed by atoms with Crippen molar-refractivity contribution in [1.29, 1.82) is 5.26 Å². The molecule has 6 nitrogen and oxygen atoms in total. The fourth-order valence-corrected chi connectivity index (χ4v) is 1.63. The molecule has 0 saturated heterocycles. The number of rotatable bonds is 4. The molecule has 1 aromatic carbocycles. The van der Waals surface area contributed by atoms with Gasteiger partial charge in [0.1, 0.15) is 11.6 Å². The van der Waals surface area contributed by atoms with E-state index >= 15 is 0 Å². The quantitative estimate of drug-likeness (QED) is 0.460. The van der Waals surface area contributed by atoms with Crippen LogP contribution < -0.4 is 0 Å². The summed E-state index contributed by atoms with van der Waals surface area (Å²) in [6.07, 6.45) is -0.0355. The van der Waals surface area contributed by atoms with Crippen LogP contribution in [0.4, 0.5) is 5.69 Å². The van der Waals surface area contributed by atoms with Gasteiger partial charge in [0.05, 0.1) is 18.0 Å². The molecule has 0 amide bonds. The number of carbonyl (C=O) groups excluding carboxylic acids is 1. The Balaban J connectivity index is 3.17. The van der Waals surface area contributed by atoms with E-state index in [0.29, 0.717) is 11.1 Å². The zero-order valence-corrected chi connectivity index (χ0v) is 10.1. The van der Waals surface area contributed by atoms with Gasteiger partial charge in [-0.3, -0.25) is 14.9 Å². The summed E-state index contributed by atoms with van der Waals surface area (Å²) in [5, 5.41) is 19.7. The van der Waals surface area contributed by atoms with Gasteiger partial charge in [-0.15, -0.1) is 0 Å². The Kier molecular flexibility index (Phi) is 4.38. The fraction of sp³-hybridized carbons (Fsp3) is 0.333. The molecule has 0 heterocycles. The highest BCUT2D eigenvalue weighted by molar-refractivity contribution is 5.74. The third-order valence-electron chi connectivity index (χ3n) is 2.49. The topological polar surface area (TPSA) is 93.2 Å². The van der Waals surface area contributed by atoms with Crippen molar-refractivity contribution >= 4 is 11.7 Å². The van der Waals surface area contributed by atoms with E-state index in [9.17, 15) is 14.9 Å². The number of ether oxygens (including phenoxy) is 1. The molecule has 0 spiro atoms. The fourth-order valence-electron chi connectivity index (χ4n) is 1.63. The van der Waals surface area contributed by atoms with Crippen molar-refractivity contribution in [2.24, 2.45) is 0 Å². The van der Waals surface area contributed by atoms with Crippen molar-refractivity contribution in [2.75, 3.05) is 6.61 Å². The van der Waals surface area contributed by atoms with Gasteiger partial charge in [-0.2, -0.15) is 5.26 Å². The highest BCUT2D eigenvalue weighted by Crippen LogP contribution is 2.26. The molecule has 94 valence electrons. The molecule has 0 aliphatic heterocycles. The number of benzene rings is 1. The van der Waals surface area contributed by atoms with E-state index in [1.54, 1.807) is 13.0 Å². The molecule has 0 bridgehead atoms. The number of nitro benzene ring substituents is 1. The molecule has 0 aliphatic rings. The highest BCUT2D eigenvalue weighted by atomic mass is 16.6. The van der Waals surface area contributed by atoms with E-state index in [1.807, 2.05) is 0 Å². The van der Waals surface area contributed by atoms with E-state index in [4.69, 9.17) is 10.00 Å². The molecule has 0 fully saturated rings. The van der Waals surface area contributed by atoms with Crippen LogP contribution in [0, 0.1) is 28.4 Å². The summed E-state index contributed by atoms with van der Waals surface area (Å²) in [6, 6.07) is 4.65. The molecule has 0 aliphatic carbocycles. The molecule has 0 radical (unpaired) electrons. The zero-order valence-electron chi connectivity index (χ0n) is 10.1. The third-order valence-corrected chi connectivity index (χ3v) is 2.49. The standard InChI is InChI=1S/C12H12N2O4/c1-3-18-11(15)6-9-4-5-10(7-13)12(8(9)2)14(16)17/h4-5H,3,6H2,1-2H3. The van der Waals surface area contributed by atoms with Gasteiger partial charge in [0.15, 0.2) is 0 Å². The van der Waals surface area contributed by atoms with Gasteiger partial charge >= 0.3 is 5.97 Å². The Hall–Kier alpha value is -2.42. The SMILES string of the molecule is CCOC(=O)Cc1ccc(C#N)c([N+](=O)[O-])c1C. The van der Waals surface area contributed by atoms with Crippen LogP contribution in [0.5, 0.6) is 0 Å². The number of hydrogen-bond acceptors (Lipinski definition) is 5. The predicted molar refractivity (Wildman–Crippen MR) is 62.9 cm³/mol. The van der Waals surface area contributed by atoms with Crippen molar-refractivity contribution in [3.05, 3.63) is 38.9 Å². The van der Waals surface area contributed by atoms with Crippen LogP contribution in [0.3, 0.4) is 0 Å². The average molecular weight is 248 g/mol. The Bertz CT molecular complexity index is 532. The summed E-state index contributed by atoms with van der Waals surface area (Å²) in [4.78, 5) is 21.6. The van der Waals surface area contributed by atoms with Gasteiger partial charge < -0.3 is 4.74 Å². The molecule has 0 saturated carbocycles. The number of nitriles is 1. The van der Waals surface area contributed by atoms with Crippen LogP contribution in [-0.4, -0.2) is 17.5 Å². The molecule has 0 N–H and O–H groups in total. The number of carbonyl (C=O) groups is 1. The number of hydrogen-bond donors (Lipinski definition) is 0. The third kappa shape index (κ3) is 2.83. The molecule has 0 unspecified atom stereocenters. The summed E-state index contributed by atoms with van der Waals surface area (Å²) in [5.74, 6) is -0.445. The minimum absolute atomic E-state index is 0.00916. The van der Waals surface area contributed by atoms with E-state index in [1.165, 1.54) is 19.1 Å². The lowest BCUT2D eigenvalue weighted by Crippen LogP contribution is -2.09. The van der Waals surface area contributed by atoms with Crippen molar-refractivity contribution in [3.8, 4) is 6.07 Å². The minimum Gasteiger partial charge on any atom is -0.466 e. The van der Waals surface area contributed by atoms with Gasteiger partial charge in [0.2, 0.25) is 0 Å². The number of nitro groups is 1. The number of nitrogens with zero attached hydrogens (tertiary/aromatic N) is 2. The van der Waals surface area contributed by atoms with Crippen LogP contribution in [0.1, 0.15) is 23.6 Å². The second-order valence-electron chi connectivity index (χ2n) is 3.60. The first-order valence-corrected chi connectivity index (χ1v) is 5.33. The first kappa shape index (κ1) is 13.6. The smallest absolute Gasteiger partial charge is 0.310 e. The van der Waals surface area contributed by atoms with Gasteiger partial charge in [-0.1, -0.05) is 6.07 Å². The second-order valence-corrected chi connectivity index (χ2v) is 3.60. The summed E-state index contributed by atoms with van der Waals surface area (Å²) in [6.45, 7) is 3.47. The first-order valence-electron chi connectivity index (χ1n) is 5.33. The lowest BCUT2D eigenvalue weighted by Gasteiger charge is -2.07. The van der Waals surface area contributed by atoms with Crippen molar-refractivity contribution in [2.45, 2.75) is 20.3 Å². The predicted octanol–water partition coefficient (Wildman–Crippen LogP) is 1.88. The summed E-state index contributed by atoms with van der Waals surface area (Å²) < 4.78 is 4.78. The Morgan fingerprint density at radius 1 is 1.56 bits per heavy atom.